The second-order valence-corrected chi connectivity index (χ2v) is 12.6. The summed E-state index contributed by atoms with van der Waals surface area (Å²) in [6.45, 7) is 8.63. The minimum absolute atomic E-state index is 0.000351. The van der Waals surface area contributed by atoms with Crippen LogP contribution < -0.4 is 10.2 Å². The molecule has 1 unspecified atom stereocenters. The lowest BCUT2D eigenvalue weighted by molar-refractivity contribution is -0.384. The number of nitro groups is 1. The van der Waals surface area contributed by atoms with Gasteiger partial charge in [-0.2, -0.15) is 5.10 Å². The van der Waals surface area contributed by atoms with Gasteiger partial charge in [0, 0.05) is 17.3 Å². The fourth-order valence-corrected chi connectivity index (χ4v) is 6.08. The molecule has 5 aromatic rings. The SMILES string of the molecule is Cc1nn(-c2ccccc2)c2c1C(c1ccc(C(C)(C)C)cc1)N1C(=N2)C(Nc2ccc(Cl)c([N+](=O)[O-])c2)=Nc2ccccc21. The average molecular weight is 616 g/mol. The van der Waals surface area contributed by atoms with Crippen molar-refractivity contribution in [1.29, 1.82) is 0 Å². The molecule has 0 spiro atoms. The van der Waals surface area contributed by atoms with Crippen molar-refractivity contribution in [2.45, 2.75) is 39.2 Å². The van der Waals surface area contributed by atoms with Crippen LogP contribution in [0.3, 0.4) is 0 Å². The molecule has 0 bridgehead atoms. The van der Waals surface area contributed by atoms with Crippen molar-refractivity contribution in [3.63, 3.8) is 0 Å². The lowest BCUT2D eigenvalue weighted by Crippen LogP contribution is -2.46. The second-order valence-electron chi connectivity index (χ2n) is 12.1. The zero-order valence-corrected chi connectivity index (χ0v) is 25.9. The maximum absolute atomic E-state index is 11.7. The van der Waals surface area contributed by atoms with Gasteiger partial charge in [0.1, 0.15) is 5.02 Å². The van der Waals surface area contributed by atoms with Crippen molar-refractivity contribution < 1.29 is 4.92 Å². The largest absolute Gasteiger partial charge is 0.337 e. The van der Waals surface area contributed by atoms with E-state index in [1.165, 1.54) is 17.7 Å². The smallest absolute Gasteiger partial charge is 0.289 e. The molecule has 0 radical (unpaired) electrons. The van der Waals surface area contributed by atoms with E-state index in [9.17, 15) is 10.1 Å². The molecule has 0 fully saturated rings. The molecule has 45 heavy (non-hydrogen) atoms. The molecule has 7 rings (SSSR count). The first-order chi connectivity index (χ1) is 21.6. The first kappa shape index (κ1) is 28.5. The predicted molar refractivity (Wildman–Crippen MR) is 180 cm³/mol. The van der Waals surface area contributed by atoms with Gasteiger partial charge in [-0.25, -0.2) is 14.7 Å². The highest BCUT2D eigenvalue weighted by Crippen LogP contribution is 2.48. The number of benzene rings is 4. The molecule has 10 heteroatoms. The Bertz CT molecular complexity index is 2030. The Morgan fingerprint density at radius 1 is 0.911 bits per heavy atom. The van der Waals surface area contributed by atoms with Crippen LogP contribution in [0.15, 0.2) is 107 Å². The lowest BCUT2D eigenvalue weighted by Gasteiger charge is -2.40. The first-order valence-corrected chi connectivity index (χ1v) is 15.0. The van der Waals surface area contributed by atoms with Gasteiger partial charge in [0.15, 0.2) is 17.5 Å². The quantitative estimate of drug-likeness (QED) is 0.161. The number of amidine groups is 2. The summed E-state index contributed by atoms with van der Waals surface area (Å²) < 4.78 is 1.87. The summed E-state index contributed by atoms with van der Waals surface area (Å²) in [5.74, 6) is 1.72. The number of anilines is 2. The Morgan fingerprint density at radius 3 is 2.33 bits per heavy atom. The van der Waals surface area contributed by atoms with Crippen LogP contribution in [0.25, 0.3) is 5.69 Å². The number of aliphatic imine (C=N–C) groups is 2. The zero-order chi connectivity index (χ0) is 31.5. The molecule has 224 valence electrons. The van der Waals surface area contributed by atoms with Crippen molar-refractivity contribution >= 4 is 51.8 Å². The minimum Gasteiger partial charge on any atom is -0.337 e. The van der Waals surface area contributed by atoms with E-state index in [1.807, 2.05) is 66.2 Å². The van der Waals surface area contributed by atoms with Gasteiger partial charge in [0.05, 0.1) is 33.7 Å². The van der Waals surface area contributed by atoms with E-state index < -0.39 is 4.92 Å². The third-order valence-corrected chi connectivity index (χ3v) is 8.46. The molecule has 0 amide bonds. The average Bonchev–Trinajstić information content (AvgIpc) is 3.36. The van der Waals surface area contributed by atoms with Crippen LogP contribution in [0.5, 0.6) is 0 Å². The van der Waals surface area contributed by atoms with Crippen LogP contribution in [0.4, 0.5) is 28.6 Å². The van der Waals surface area contributed by atoms with Crippen LogP contribution >= 0.6 is 11.6 Å². The molecule has 4 aromatic carbocycles. The van der Waals surface area contributed by atoms with Crippen LogP contribution in [0.1, 0.15) is 49.2 Å². The Balaban J connectivity index is 1.46. The predicted octanol–water partition coefficient (Wildman–Crippen LogP) is 8.84. The van der Waals surface area contributed by atoms with Crippen LogP contribution in [-0.4, -0.2) is 26.4 Å². The molecule has 9 nitrogen and oxygen atoms in total. The second kappa shape index (κ2) is 10.7. The molecular weight excluding hydrogens is 586 g/mol. The summed E-state index contributed by atoms with van der Waals surface area (Å²) in [6.07, 6.45) is 0. The van der Waals surface area contributed by atoms with Gasteiger partial charge in [0.25, 0.3) is 5.69 Å². The van der Waals surface area contributed by atoms with Crippen molar-refractivity contribution in [2.24, 2.45) is 9.98 Å². The highest BCUT2D eigenvalue weighted by molar-refractivity contribution is 6.51. The van der Waals surface area contributed by atoms with E-state index in [2.05, 4.69) is 55.3 Å². The molecule has 1 atom stereocenters. The van der Waals surface area contributed by atoms with Crippen molar-refractivity contribution in [3.8, 4) is 5.69 Å². The van der Waals surface area contributed by atoms with Crippen molar-refractivity contribution in [1.82, 2.24) is 9.78 Å². The minimum atomic E-state index is -0.499. The zero-order valence-electron chi connectivity index (χ0n) is 25.2. The van der Waals surface area contributed by atoms with Crippen LogP contribution in [0, 0.1) is 17.0 Å². The fraction of sp³-hybridized carbons (Fsp3) is 0.171. The monoisotopic (exact) mass is 615 g/mol. The molecule has 1 N–H and O–H groups in total. The topological polar surface area (TPSA) is 101 Å². The first-order valence-electron chi connectivity index (χ1n) is 14.6. The van der Waals surface area contributed by atoms with E-state index in [-0.39, 0.29) is 22.2 Å². The number of fused-ring (bicyclic) bond motifs is 4. The number of rotatable bonds is 4. The van der Waals surface area contributed by atoms with E-state index >= 15 is 0 Å². The number of aromatic nitrogens is 2. The van der Waals surface area contributed by atoms with Gasteiger partial charge in [-0.1, -0.05) is 87.0 Å². The maximum Gasteiger partial charge on any atom is 0.289 e. The number of nitro benzene ring substituents is 1. The summed E-state index contributed by atoms with van der Waals surface area (Å²) in [6, 6.07) is 30.9. The number of para-hydroxylation sites is 3. The molecule has 1 aromatic heterocycles. The van der Waals surface area contributed by atoms with E-state index in [0.29, 0.717) is 23.2 Å². The van der Waals surface area contributed by atoms with Gasteiger partial charge in [-0.15, -0.1) is 0 Å². The molecule has 3 heterocycles. The van der Waals surface area contributed by atoms with Crippen LogP contribution in [-0.2, 0) is 5.41 Å². The van der Waals surface area contributed by atoms with Crippen LogP contribution in [0.2, 0.25) is 5.02 Å². The Morgan fingerprint density at radius 2 is 1.62 bits per heavy atom. The molecule has 0 aliphatic carbocycles. The normalized spacial score (nSPS) is 15.4. The van der Waals surface area contributed by atoms with E-state index in [4.69, 9.17) is 26.7 Å². The number of hydrogen-bond acceptors (Lipinski definition) is 7. The summed E-state index contributed by atoms with van der Waals surface area (Å²) in [5.41, 5.74) is 6.97. The molecule has 2 aliphatic heterocycles. The van der Waals surface area contributed by atoms with Crippen molar-refractivity contribution in [2.75, 3.05) is 10.2 Å². The van der Waals surface area contributed by atoms with E-state index in [1.54, 1.807) is 6.07 Å². The molecule has 2 aliphatic rings. The summed E-state index contributed by atoms with van der Waals surface area (Å²) >= 11 is 6.13. The maximum atomic E-state index is 11.7. The van der Waals surface area contributed by atoms with Gasteiger partial charge in [-0.3, -0.25) is 10.1 Å². The molecular formula is C35H30ClN7O2. The Labute approximate surface area is 265 Å². The molecule has 0 saturated heterocycles. The highest BCUT2D eigenvalue weighted by atomic mass is 35.5. The Hall–Kier alpha value is -5.28. The Kier molecular flexibility index (Phi) is 6.78. The summed E-state index contributed by atoms with van der Waals surface area (Å²) in [4.78, 5) is 23.6. The summed E-state index contributed by atoms with van der Waals surface area (Å²) in [7, 11) is 0. The van der Waals surface area contributed by atoms with Gasteiger partial charge in [-0.05, 0) is 59.9 Å². The number of nitrogens with zero attached hydrogens (tertiary/aromatic N) is 6. The lowest BCUT2D eigenvalue weighted by atomic mass is 9.85. The molecule has 0 saturated carbocycles. The number of hydrogen-bond donors (Lipinski definition) is 1. The van der Waals surface area contributed by atoms with Gasteiger partial charge < -0.3 is 10.2 Å². The highest BCUT2D eigenvalue weighted by Gasteiger charge is 2.41. The third-order valence-electron chi connectivity index (χ3n) is 8.14. The summed E-state index contributed by atoms with van der Waals surface area (Å²) in [5, 5.41) is 20.1. The van der Waals surface area contributed by atoms with Gasteiger partial charge in [0.2, 0.25) is 0 Å². The van der Waals surface area contributed by atoms with Crippen molar-refractivity contribution in [3.05, 3.63) is 135 Å². The number of nitrogens with one attached hydrogen (secondary N) is 1. The number of halogens is 1. The number of aryl methyl sites for hydroxylation is 1. The van der Waals surface area contributed by atoms with Gasteiger partial charge >= 0.3 is 0 Å². The third kappa shape index (κ3) is 4.95. The standard InChI is InChI=1S/C35H30ClN7O2/c1-21-30-31(22-14-16-23(17-15-22)35(2,3)4)41-28-13-9-8-12-27(28)38-32(37-24-18-19-26(36)29(20-24)43(44)45)34(41)39-33(30)42(40-21)25-10-6-5-7-11-25/h5-20,31H,1-4H3,(H,37,38). The van der Waals surface area contributed by atoms with E-state index in [0.717, 1.165) is 33.9 Å². The fourth-order valence-electron chi connectivity index (χ4n) is 5.89.